The van der Waals surface area contributed by atoms with Crippen molar-refractivity contribution in [3.8, 4) is 0 Å². The van der Waals surface area contributed by atoms with Gasteiger partial charge in [0.05, 0.1) is 18.2 Å². The zero-order chi connectivity index (χ0) is 27.2. The summed E-state index contributed by atoms with van der Waals surface area (Å²) in [5, 5.41) is 20.4. The molecule has 36 heavy (non-hydrogen) atoms. The number of amides is 5. The van der Waals surface area contributed by atoms with Crippen LogP contribution < -0.4 is 27.0 Å². The number of primary amides is 1. The van der Waals surface area contributed by atoms with Gasteiger partial charge in [0, 0.05) is 24.7 Å². The number of hydrogen-bond donors (Lipinski definition) is 6. The third-order valence-corrected chi connectivity index (χ3v) is 6.49. The third kappa shape index (κ3) is 8.28. The largest absolute Gasteiger partial charge is 0.393 e. The lowest BCUT2D eigenvalue weighted by Crippen LogP contribution is -2.55. The highest BCUT2D eigenvalue weighted by Crippen LogP contribution is 2.51. The first-order chi connectivity index (χ1) is 16.7. The van der Waals surface area contributed by atoms with Gasteiger partial charge < -0.3 is 32.1 Å². The molecule has 7 N–H and O–H groups in total. The van der Waals surface area contributed by atoms with E-state index in [1.54, 1.807) is 13.8 Å². The Morgan fingerprint density at radius 2 is 1.67 bits per heavy atom. The van der Waals surface area contributed by atoms with Gasteiger partial charge in [0.15, 0.2) is 0 Å². The highest BCUT2D eigenvalue weighted by atomic mass is 16.3. The Kier molecular flexibility index (Phi) is 9.97. The second-order valence-electron chi connectivity index (χ2n) is 10.6. The number of nitrogens with one attached hydrogen (secondary N) is 4. The molecule has 0 aromatic carbocycles. The normalized spacial score (nSPS) is 24.4. The van der Waals surface area contributed by atoms with Crippen LogP contribution in [0.5, 0.6) is 0 Å². The zero-order valence-electron chi connectivity index (χ0n) is 21.4. The van der Waals surface area contributed by atoms with Crippen molar-refractivity contribution in [2.45, 2.75) is 89.9 Å². The lowest BCUT2D eigenvalue weighted by atomic mass is 9.91. The molecular weight excluding hydrogens is 470 g/mol. The average Bonchev–Trinajstić information content (AvgIpc) is 3.47. The Labute approximate surface area is 210 Å². The van der Waals surface area contributed by atoms with E-state index in [0.29, 0.717) is 19.3 Å². The summed E-state index contributed by atoms with van der Waals surface area (Å²) >= 11 is 0. The standard InChI is InChI=1S/C24H39N5O7/c1-12(2)7-17(23(36)29-24-9-14(30)8-18(31)15(24)10-24)27-20(33)11-26-22(35)16(5-6-19(25)32)28-21(34)13(3)4/h12-17,30H,5-11H2,1-4H3,(H2,25,32)(H,26,35)(H,27,33)(H,28,34)(H,29,36)/t14-,15?,16+,17?,24?/m1/s1. The first kappa shape index (κ1) is 29.2. The minimum absolute atomic E-state index is 0.0204. The fourth-order valence-electron chi connectivity index (χ4n) is 4.47. The van der Waals surface area contributed by atoms with Crippen LogP contribution in [-0.2, 0) is 28.8 Å². The molecule has 5 atom stereocenters. The fraction of sp³-hybridized carbons (Fsp3) is 0.750. The molecule has 2 aliphatic carbocycles. The van der Waals surface area contributed by atoms with Crippen molar-refractivity contribution in [2.75, 3.05) is 6.54 Å². The summed E-state index contributed by atoms with van der Waals surface area (Å²) in [5.74, 6) is -3.44. The van der Waals surface area contributed by atoms with Gasteiger partial charge in [-0.05, 0) is 31.6 Å². The van der Waals surface area contributed by atoms with Crippen molar-refractivity contribution in [3.05, 3.63) is 0 Å². The van der Waals surface area contributed by atoms with Gasteiger partial charge in [-0.15, -0.1) is 0 Å². The number of carbonyl (C=O) groups is 6. The molecule has 0 heterocycles. The molecule has 0 aliphatic heterocycles. The van der Waals surface area contributed by atoms with Crippen LogP contribution in [-0.4, -0.2) is 70.7 Å². The molecule has 2 rings (SSSR count). The van der Waals surface area contributed by atoms with E-state index in [4.69, 9.17) is 5.73 Å². The molecule has 0 aromatic heterocycles. The number of nitrogens with two attached hydrogens (primary N) is 1. The van der Waals surface area contributed by atoms with Gasteiger partial charge >= 0.3 is 0 Å². The number of fused-ring (bicyclic) bond motifs is 1. The van der Waals surface area contributed by atoms with Crippen molar-refractivity contribution in [3.63, 3.8) is 0 Å². The van der Waals surface area contributed by atoms with Gasteiger partial charge in [-0.2, -0.15) is 0 Å². The van der Waals surface area contributed by atoms with Crippen LogP contribution in [0.15, 0.2) is 0 Å². The van der Waals surface area contributed by atoms with Crippen LogP contribution in [0.3, 0.4) is 0 Å². The highest BCUT2D eigenvalue weighted by molar-refractivity contribution is 5.94. The van der Waals surface area contributed by atoms with Gasteiger partial charge in [-0.1, -0.05) is 27.7 Å². The quantitative estimate of drug-likeness (QED) is 0.176. The Balaban J connectivity index is 1.95. The summed E-state index contributed by atoms with van der Waals surface area (Å²) in [7, 11) is 0. The number of aliphatic hydroxyl groups excluding tert-OH is 1. The minimum Gasteiger partial charge on any atom is -0.393 e. The molecular formula is C24H39N5O7. The molecule has 5 amide bonds. The number of rotatable bonds is 13. The Morgan fingerprint density at radius 3 is 2.25 bits per heavy atom. The van der Waals surface area contributed by atoms with Gasteiger partial charge in [-0.3, -0.25) is 28.8 Å². The molecule has 0 bridgehead atoms. The van der Waals surface area contributed by atoms with Crippen LogP contribution >= 0.6 is 0 Å². The molecule has 12 heteroatoms. The van der Waals surface area contributed by atoms with Crippen LogP contribution in [0.25, 0.3) is 0 Å². The van der Waals surface area contributed by atoms with E-state index >= 15 is 0 Å². The molecule has 2 aliphatic rings. The summed E-state index contributed by atoms with van der Waals surface area (Å²) in [4.78, 5) is 73.4. The molecule has 0 saturated heterocycles. The summed E-state index contributed by atoms with van der Waals surface area (Å²) in [6.45, 7) is 6.64. The number of carbonyl (C=O) groups excluding carboxylic acids is 6. The van der Waals surface area contributed by atoms with Gasteiger partial charge in [-0.25, -0.2) is 0 Å². The van der Waals surface area contributed by atoms with Gasteiger partial charge in [0.25, 0.3) is 0 Å². The molecule has 0 aromatic rings. The first-order valence-corrected chi connectivity index (χ1v) is 12.4. The number of Topliss-reactive ketones (excluding diaryl/α,β-unsaturated/α-hetero) is 1. The highest BCUT2D eigenvalue weighted by Gasteiger charge is 2.62. The topological polar surface area (TPSA) is 197 Å². The van der Waals surface area contributed by atoms with E-state index in [2.05, 4.69) is 21.3 Å². The average molecular weight is 510 g/mol. The molecule has 202 valence electrons. The molecule has 2 saturated carbocycles. The summed E-state index contributed by atoms with van der Waals surface area (Å²) in [5.41, 5.74) is 4.39. The predicted molar refractivity (Wildman–Crippen MR) is 129 cm³/mol. The lowest BCUT2D eigenvalue weighted by molar-refractivity contribution is -0.133. The van der Waals surface area contributed by atoms with E-state index in [9.17, 15) is 33.9 Å². The van der Waals surface area contributed by atoms with E-state index < -0.39 is 59.8 Å². The van der Waals surface area contributed by atoms with E-state index in [-0.39, 0.29) is 42.8 Å². The first-order valence-electron chi connectivity index (χ1n) is 12.4. The minimum atomic E-state index is -1.05. The van der Waals surface area contributed by atoms with Crippen LogP contribution in [0.4, 0.5) is 0 Å². The van der Waals surface area contributed by atoms with Crippen molar-refractivity contribution >= 4 is 35.3 Å². The molecule has 0 spiro atoms. The van der Waals surface area contributed by atoms with Crippen LogP contribution in [0.1, 0.15) is 66.2 Å². The van der Waals surface area contributed by atoms with Crippen LogP contribution in [0, 0.1) is 17.8 Å². The molecule has 3 unspecified atom stereocenters. The van der Waals surface area contributed by atoms with E-state index in [1.807, 2.05) is 13.8 Å². The van der Waals surface area contributed by atoms with E-state index in [1.165, 1.54) is 0 Å². The maximum atomic E-state index is 13.0. The van der Waals surface area contributed by atoms with E-state index in [0.717, 1.165) is 0 Å². The summed E-state index contributed by atoms with van der Waals surface area (Å²) in [6.07, 6.45) is 0.237. The Hall–Kier alpha value is -3.02. The molecule has 2 fully saturated rings. The maximum Gasteiger partial charge on any atom is 0.243 e. The van der Waals surface area contributed by atoms with Gasteiger partial charge in [0.1, 0.15) is 17.9 Å². The molecule has 0 radical (unpaired) electrons. The second kappa shape index (κ2) is 12.3. The fourth-order valence-corrected chi connectivity index (χ4v) is 4.47. The monoisotopic (exact) mass is 509 g/mol. The Morgan fingerprint density at radius 1 is 1.00 bits per heavy atom. The van der Waals surface area contributed by atoms with Gasteiger partial charge in [0.2, 0.25) is 29.5 Å². The third-order valence-electron chi connectivity index (χ3n) is 6.49. The molecule has 12 nitrogen and oxygen atoms in total. The smallest absolute Gasteiger partial charge is 0.243 e. The SMILES string of the molecule is CC(C)CC(NC(=O)CNC(=O)[C@H](CCC(N)=O)NC(=O)C(C)C)C(=O)NC12CC1C(=O)C[C@@H](O)C2. The van der Waals surface area contributed by atoms with Crippen molar-refractivity contribution < 1.29 is 33.9 Å². The number of aliphatic hydroxyl groups is 1. The second-order valence-corrected chi connectivity index (χ2v) is 10.6. The maximum absolute atomic E-state index is 13.0. The Bertz CT molecular complexity index is 890. The summed E-state index contributed by atoms with van der Waals surface area (Å²) in [6, 6.07) is -1.94. The van der Waals surface area contributed by atoms with Crippen molar-refractivity contribution in [1.82, 2.24) is 21.3 Å². The zero-order valence-corrected chi connectivity index (χ0v) is 21.4. The van der Waals surface area contributed by atoms with Crippen molar-refractivity contribution in [2.24, 2.45) is 23.5 Å². The van der Waals surface area contributed by atoms with Crippen molar-refractivity contribution in [1.29, 1.82) is 0 Å². The predicted octanol–water partition coefficient (Wildman–Crippen LogP) is -1.36. The number of ketones is 1. The van der Waals surface area contributed by atoms with Crippen LogP contribution in [0.2, 0.25) is 0 Å². The summed E-state index contributed by atoms with van der Waals surface area (Å²) < 4.78 is 0. The number of hydrogen-bond acceptors (Lipinski definition) is 7. The lowest BCUT2D eigenvalue weighted by Gasteiger charge is -2.29.